The van der Waals surface area contributed by atoms with Crippen molar-refractivity contribution in [3.05, 3.63) is 18.2 Å². The predicted octanol–water partition coefficient (Wildman–Crippen LogP) is 2.48. The van der Waals surface area contributed by atoms with Crippen molar-refractivity contribution in [3.8, 4) is 0 Å². The van der Waals surface area contributed by atoms with Crippen LogP contribution in [0.4, 0.5) is 10.8 Å². The molecule has 3 rings (SSSR count). The molecule has 0 saturated carbocycles. The molecule has 106 valence electrons. The van der Waals surface area contributed by atoms with Gasteiger partial charge in [-0.1, -0.05) is 18.3 Å². The number of thiazole rings is 1. The van der Waals surface area contributed by atoms with Crippen molar-refractivity contribution in [1.29, 1.82) is 0 Å². The Morgan fingerprint density at radius 2 is 2.25 bits per heavy atom. The highest BCUT2D eigenvalue weighted by Crippen LogP contribution is 2.30. The average Bonchev–Trinajstić information content (AvgIpc) is 2.89. The first-order valence-electron chi connectivity index (χ1n) is 6.79. The first-order valence-corrected chi connectivity index (χ1v) is 7.61. The molecule has 0 spiro atoms. The SMILES string of the molecule is CCC(=O)Nc1nc2ccc(N3CCOCC3)cc2s1. The van der Waals surface area contributed by atoms with E-state index in [0.717, 1.165) is 36.5 Å². The minimum absolute atomic E-state index is 0.00235. The number of amides is 1. The van der Waals surface area contributed by atoms with Gasteiger partial charge in [0.1, 0.15) is 0 Å². The van der Waals surface area contributed by atoms with Gasteiger partial charge in [0, 0.05) is 25.2 Å². The molecule has 20 heavy (non-hydrogen) atoms. The molecule has 1 saturated heterocycles. The lowest BCUT2D eigenvalue weighted by Gasteiger charge is -2.28. The molecule has 1 fully saturated rings. The fourth-order valence-corrected chi connectivity index (χ4v) is 3.11. The lowest BCUT2D eigenvalue weighted by Crippen LogP contribution is -2.36. The highest BCUT2D eigenvalue weighted by molar-refractivity contribution is 7.22. The summed E-state index contributed by atoms with van der Waals surface area (Å²) in [7, 11) is 0. The number of anilines is 2. The van der Waals surface area contributed by atoms with E-state index in [4.69, 9.17) is 4.74 Å². The first kappa shape index (κ1) is 13.3. The third kappa shape index (κ3) is 2.76. The van der Waals surface area contributed by atoms with Crippen LogP contribution in [0.15, 0.2) is 18.2 Å². The minimum Gasteiger partial charge on any atom is -0.378 e. The molecule has 5 nitrogen and oxygen atoms in total. The van der Waals surface area contributed by atoms with Crippen LogP contribution >= 0.6 is 11.3 Å². The van der Waals surface area contributed by atoms with Crippen molar-refractivity contribution in [1.82, 2.24) is 4.98 Å². The molecule has 1 aromatic carbocycles. The summed E-state index contributed by atoms with van der Waals surface area (Å²) in [5.41, 5.74) is 2.12. The third-order valence-electron chi connectivity index (χ3n) is 3.32. The molecular formula is C14H17N3O2S. The van der Waals surface area contributed by atoms with E-state index in [9.17, 15) is 4.79 Å². The van der Waals surface area contributed by atoms with E-state index in [2.05, 4.69) is 27.3 Å². The van der Waals surface area contributed by atoms with Gasteiger partial charge in [-0.15, -0.1) is 0 Å². The number of rotatable bonds is 3. The summed E-state index contributed by atoms with van der Waals surface area (Å²) < 4.78 is 6.47. The zero-order valence-corrected chi connectivity index (χ0v) is 12.2. The molecule has 0 atom stereocenters. The Labute approximate surface area is 121 Å². The number of hydrogen-bond donors (Lipinski definition) is 1. The molecule has 1 aromatic heterocycles. The van der Waals surface area contributed by atoms with Gasteiger partial charge in [0.25, 0.3) is 0 Å². The second-order valence-electron chi connectivity index (χ2n) is 4.67. The number of carbonyl (C=O) groups is 1. The summed E-state index contributed by atoms with van der Waals surface area (Å²) >= 11 is 1.52. The van der Waals surface area contributed by atoms with Gasteiger partial charge in [-0.2, -0.15) is 0 Å². The van der Waals surface area contributed by atoms with Crippen molar-refractivity contribution >= 4 is 38.3 Å². The lowest BCUT2D eigenvalue weighted by atomic mass is 10.2. The number of ether oxygens (including phenoxy) is 1. The van der Waals surface area contributed by atoms with Gasteiger partial charge in [0.15, 0.2) is 5.13 Å². The topological polar surface area (TPSA) is 54.5 Å². The highest BCUT2D eigenvalue weighted by Gasteiger charge is 2.13. The van der Waals surface area contributed by atoms with E-state index < -0.39 is 0 Å². The molecule has 1 aliphatic heterocycles. The van der Waals surface area contributed by atoms with Crippen molar-refractivity contribution in [2.45, 2.75) is 13.3 Å². The van der Waals surface area contributed by atoms with Gasteiger partial charge in [-0.05, 0) is 18.2 Å². The van der Waals surface area contributed by atoms with Crippen LogP contribution in [0.2, 0.25) is 0 Å². The Balaban J connectivity index is 1.84. The van der Waals surface area contributed by atoms with Gasteiger partial charge < -0.3 is 15.0 Å². The summed E-state index contributed by atoms with van der Waals surface area (Å²) in [6, 6.07) is 6.23. The number of fused-ring (bicyclic) bond motifs is 1. The Kier molecular flexibility index (Phi) is 3.84. The molecule has 6 heteroatoms. The maximum absolute atomic E-state index is 11.4. The van der Waals surface area contributed by atoms with Crippen molar-refractivity contribution in [2.24, 2.45) is 0 Å². The molecule has 2 heterocycles. The van der Waals surface area contributed by atoms with Gasteiger partial charge in [-0.3, -0.25) is 4.79 Å². The highest BCUT2D eigenvalue weighted by atomic mass is 32.1. The zero-order valence-electron chi connectivity index (χ0n) is 11.4. The maximum atomic E-state index is 11.4. The average molecular weight is 291 g/mol. The minimum atomic E-state index is -0.00235. The molecule has 0 bridgehead atoms. The number of nitrogens with one attached hydrogen (secondary N) is 1. The molecular weight excluding hydrogens is 274 g/mol. The number of nitrogens with zero attached hydrogens (tertiary/aromatic N) is 2. The number of hydrogen-bond acceptors (Lipinski definition) is 5. The van der Waals surface area contributed by atoms with Gasteiger partial charge >= 0.3 is 0 Å². The fraction of sp³-hybridized carbons (Fsp3) is 0.429. The van der Waals surface area contributed by atoms with E-state index in [0.29, 0.717) is 11.6 Å². The summed E-state index contributed by atoms with van der Waals surface area (Å²) in [6.07, 6.45) is 0.467. The van der Waals surface area contributed by atoms with Gasteiger partial charge in [0.05, 0.1) is 23.4 Å². The fourth-order valence-electron chi connectivity index (χ4n) is 2.19. The summed E-state index contributed by atoms with van der Waals surface area (Å²) in [5.74, 6) is -0.00235. The van der Waals surface area contributed by atoms with Crippen LogP contribution in [0, 0.1) is 0 Å². The summed E-state index contributed by atoms with van der Waals surface area (Å²) in [4.78, 5) is 18.1. The molecule has 0 aliphatic carbocycles. The molecule has 2 aromatic rings. The van der Waals surface area contributed by atoms with Crippen LogP contribution in [-0.4, -0.2) is 37.2 Å². The predicted molar refractivity (Wildman–Crippen MR) is 81.6 cm³/mol. The van der Waals surface area contributed by atoms with Crippen LogP contribution < -0.4 is 10.2 Å². The van der Waals surface area contributed by atoms with E-state index in [1.165, 1.54) is 17.0 Å². The van der Waals surface area contributed by atoms with Crippen LogP contribution in [0.1, 0.15) is 13.3 Å². The van der Waals surface area contributed by atoms with E-state index >= 15 is 0 Å². The van der Waals surface area contributed by atoms with Crippen molar-refractivity contribution in [2.75, 3.05) is 36.5 Å². The standard InChI is InChI=1S/C14H17N3O2S/c1-2-13(18)16-14-15-11-4-3-10(9-12(11)20-14)17-5-7-19-8-6-17/h3-4,9H,2,5-8H2,1H3,(H,15,16,18). The first-order chi connectivity index (χ1) is 9.76. The molecule has 1 aliphatic rings. The van der Waals surface area contributed by atoms with Crippen molar-refractivity contribution < 1.29 is 9.53 Å². The van der Waals surface area contributed by atoms with Gasteiger partial charge in [0.2, 0.25) is 5.91 Å². The third-order valence-corrected chi connectivity index (χ3v) is 4.25. The van der Waals surface area contributed by atoms with Gasteiger partial charge in [-0.25, -0.2) is 4.98 Å². The molecule has 1 N–H and O–H groups in total. The normalized spacial score (nSPS) is 15.6. The number of benzene rings is 1. The largest absolute Gasteiger partial charge is 0.378 e. The van der Waals surface area contributed by atoms with Crippen LogP contribution in [-0.2, 0) is 9.53 Å². The Morgan fingerprint density at radius 1 is 1.45 bits per heavy atom. The summed E-state index contributed by atoms with van der Waals surface area (Å²) in [6.45, 7) is 5.23. The number of aromatic nitrogens is 1. The van der Waals surface area contributed by atoms with Crippen LogP contribution in [0.3, 0.4) is 0 Å². The molecule has 0 unspecified atom stereocenters. The number of morpholine rings is 1. The molecule has 0 radical (unpaired) electrons. The van der Waals surface area contributed by atoms with E-state index in [1.807, 2.05) is 13.0 Å². The zero-order chi connectivity index (χ0) is 13.9. The van der Waals surface area contributed by atoms with Crippen LogP contribution in [0.25, 0.3) is 10.2 Å². The molecule has 1 amide bonds. The second-order valence-corrected chi connectivity index (χ2v) is 5.70. The monoisotopic (exact) mass is 291 g/mol. The smallest absolute Gasteiger partial charge is 0.225 e. The Bertz CT molecular complexity index is 620. The van der Waals surface area contributed by atoms with E-state index in [-0.39, 0.29) is 5.91 Å². The second kappa shape index (κ2) is 5.76. The quantitative estimate of drug-likeness (QED) is 0.944. The maximum Gasteiger partial charge on any atom is 0.225 e. The Hall–Kier alpha value is -1.66. The van der Waals surface area contributed by atoms with Crippen molar-refractivity contribution in [3.63, 3.8) is 0 Å². The number of carbonyl (C=O) groups excluding carboxylic acids is 1. The van der Waals surface area contributed by atoms with Crippen LogP contribution in [0.5, 0.6) is 0 Å². The Morgan fingerprint density at radius 3 is 3.00 bits per heavy atom. The van der Waals surface area contributed by atoms with E-state index in [1.54, 1.807) is 0 Å². The summed E-state index contributed by atoms with van der Waals surface area (Å²) in [5, 5.41) is 3.49. The lowest BCUT2D eigenvalue weighted by molar-refractivity contribution is -0.115.